The van der Waals surface area contributed by atoms with E-state index in [1.807, 2.05) is 0 Å². The quantitative estimate of drug-likeness (QED) is 0.640. The molecule has 0 atom stereocenters. The molecule has 1 aliphatic rings. The highest BCUT2D eigenvalue weighted by molar-refractivity contribution is 5.76. The summed E-state index contributed by atoms with van der Waals surface area (Å²) in [6.45, 7) is 13.4. The molecule has 0 bridgehead atoms. The average Bonchev–Trinajstić information content (AvgIpc) is 2.69. The number of carbonyl (C=O) groups excluding carboxylic acids is 1. The number of benzene rings is 1. The van der Waals surface area contributed by atoms with Gasteiger partial charge in [-0.2, -0.15) is 0 Å². The van der Waals surface area contributed by atoms with Gasteiger partial charge >= 0.3 is 0 Å². The van der Waals surface area contributed by atoms with E-state index in [0.717, 1.165) is 6.29 Å². The highest BCUT2D eigenvalue weighted by Crippen LogP contribution is 2.30. The fourth-order valence-electron chi connectivity index (χ4n) is 2.79. The zero-order valence-electron chi connectivity index (χ0n) is 18.7. The Balaban J connectivity index is 2.02. The molecule has 0 aliphatic carbocycles. The Bertz CT molecular complexity index is 642. The molecule has 0 radical (unpaired) electrons. The smallest absolute Gasteiger partial charge is 0.162 e. The Kier molecular flexibility index (Phi) is 10.0. The summed E-state index contributed by atoms with van der Waals surface area (Å²) in [5.74, 6) is 1.13. The van der Waals surface area contributed by atoms with Gasteiger partial charge in [0.2, 0.25) is 0 Å². The normalized spacial score (nSPS) is 22.0. The van der Waals surface area contributed by atoms with Crippen LogP contribution in [0.5, 0.6) is 11.5 Å². The third-order valence-electron chi connectivity index (χ3n) is 4.43. The zero-order chi connectivity index (χ0) is 21.9. The Morgan fingerprint density at radius 3 is 1.90 bits per heavy atom. The van der Waals surface area contributed by atoms with Gasteiger partial charge in [0.15, 0.2) is 11.5 Å². The van der Waals surface area contributed by atoms with Gasteiger partial charge in [0.25, 0.3) is 0 Å². The van der Waals surface area contributed by atoms with Gasteiger partial charge in [-0.1, -0.05) is 27.7 Å². The summed E-state index contributed by atoms with van der Waals surface area (Å²) < 4.78 is 34.6. The molecule has 0 saturated heterocycles. The molecule has 0 aromatic heterocycles. The topological polar surface area (TPSA) is 72.5 Å². The molecule has 7 nitrogen and oxygen atoms in total. The average molecular weight is 425 g/mol. The first-order valence-electron chi connectivity index (χ1n) is 10.5. The molecule has 30 heavy (non-hydrogen) atoms. The molecule has 1 aliphatic heterocycles. The Labute approximate surface area is 179 Å². The van der Waals surface area contributed by atoms with Gasteiger partial charge in [-0.3, -0.25) is 4.79 Å². The zero-order valence-corrected chi connectivity index (χ0v) is 18.7. The van der Waals surface area contributed by atoms with Gasteiger partial charge in [0.05, 0.1) is 59.5 Å². The van der Waals surface area contributed by atoms with E-state index >= 15 is 0 Å². The van der Waals surface area contributed by atoms with Crippen LogP contribution in [0.4, 0.5) is 0 Å². The third-order valence-corrected chi connectivity index (χ3v) is 4.43. The SMILES string of the molecule is CC1(C)COCCOCCOCCOc2cc(C=O)ccc2OCC(C)(C)COC1. The molecule has 170 valence electrons. The van der Waals surface area contributed by atoms with Crippen LogP contribution in [0.15, 0.2) is 18.2 Å². The van der Waals surface area contributed by atoms with Crippen molar-refractivity contribution in [1.82, 2.24) is 0 Å². The molecule has 7 heteroatoms. The molecule has 1 aromatic rings. The number of carbonyl (C=O) groups is 1. The van der Waals surface area contributed by atoms with E-state index < -0.39 is 0 Å². The molecule has 0 spiro atoms. The highest BCUT2D eigenvalue weighted by atomic mass is 16.6. The van der Waals surface area contributed by atoms with Crippen LogP contribution in [0.25, 0.3) is 0 Å². The standard InChI is InChI=1S/C23H36O7/c1-22(2)15-27-10-9-25-7-8-26-11-12-29-21-13-19(14-24)5-6-20(21)30-18-23(3,4)17-28-16-22/h5-6,13-14H,7-12,15-18H2,1-4H3. The number of fused-ring (bicyclic) bond motifs is 1. The van der Waals surface area contributed by atoms with Crippen molar-refractivity contribution in [2.45, 2.75) is 27.7 Å². The lowest BCUT2D eigenvalue weighted by Gasteiger charge is -2.29. The van der Waals surface area contributed by atoms with Gasteiger partial charge in [0, 0.05) is 16.4 Å². The number of aldehydes is 1. The number of rotatable bonds is 1. The van der Waals surface area contributed by atoms with E-state index in [9.17, 15) is 4.79 Å². The number of hydrogen-bond acceptors (Lipinski definition) is 7. The largest absolute Gasteiger partial charge is 0.489 e. The van der Waals surface area contributed by atoms with Gasteiger partial charge in [-0.25, -0.2) is 0 Å². The van der Waals surface area contributed by atoms with Crippen molar-refractivity contribution >= 4 is 6.29 Å². The number of ether oxygens (including phenoxy) is 6. The minimum Gasteiger partial charge on any atom is -0.489 e. The Morgan fingerprint density at radius 1 is 0.667 bits per heavy atom. The van der Waals surface area contributed by atoms with Crippen molar-refractivity contribution in [2.24, 2.45) is 10.8 Å². The molecule has 2 rings (SSSR count). The van der Waals surface area contributed by atoms with Gasteiger partial charge in [-0.05, 0) is 18.2 Å². The van der Waals surface area contributed by atoms with Gasteiger partial charge in [0.1, 0.15) is 12.9 Å². The summed E-state index contributed by atoms with van der Waals surface area (Å²) >= 11 is 0. The molecule has 0 saturated carbocycles. The maximum Gasteiger partial charge on any atom is 0.162 e. The first kappa shape index (κ1) is 24.6. The van der Waals surface area contributed by atoms with Crippen molar-refractivity contribution in [3.8, 4) is 11.5 Å². The lowest BCUT2D eigenvalue weighted by Crippen LogP contribution is -2.32. The molecule has 0 amide bonds. The minimum absolute atomic E-state index is 0.0907. The predicted octanol–water partition coefficient (Wildman–Crippen LogP) is 3.39. The van der Waals surface area contributed by atoms with Crippen LogP contribution in [0.1, 0.15) is 38.1 Å². The van der Waals surface area contributed by atoms with E-state index in [1.54, 1.807) is 18.2 Å². The predicted molar refractivity (Wildman–Crippen MR) is 114 cm³/mol. The second-order valence-electron chi connectivity index (χ2n) is 9.06. The third kappa shape index (κ3) is 9.43. The molecule has 0 fully saturated rings. The fraction of sp³-hybridized carbons (Fsp3) is 0.696. The summed E-state index contributed by atoms with van der Waals surface area (Å²) in [6.07, 6.45) is 0.789. The molecule has 0 unspecified atom stereocenters. The lowest BCUT2D eigenvalue weighted by molar-refractivity contribution is -0.0460. The highest BCUT2D eigenvalue weighted by Gasteiger charge is 2.24. The molecule has 1 aromatic carbocycles. The lowest BCUT2D eigenvalue weighted by atomic mass is 9.94. The molecular formula is C23H36O7. The first-order valence-corrected chi connectivity index (χ1v) is 10.5. The van der Waals surface area contributed by atoms with Crippen molar-refractivity contribution in [2.75, 3.05) is 66.1 Å². The monoisotopic (exact) mass is 424 g/mol. The summed E-state index contributed by atoms with van der Waals surface area (Å²) in [5.41, 5.74) is 0.246. The maximum absolute atomic E-state index is 11.1. The summed E-state index contributed by atoms with van der Waals surface area (Å²) in [4.78, 5) is 11.1. The second kappa shape index (κ2) is 12.2. The van der Waals surface area contributed by atoms with Crippen molar-refractivity contribution in [3.63, 3.8) is 0 Å². The Morgan fingerprint density at radius 2 is 1.23 bits per heavy atom. The van der Waals surface area contributed by atoms with Crippen LogP contribution in [-0.4, -0.2) is 72.4 Å². The molecule has 0 N–H and O–H groups in total. The first-order chi connectivity index (χ1) is 14.3. The summed E-state index contributed by atoms with van der Waals surface area (Å²) in [7, 11) is 0. The van der Waals surface area contributed by atoms with E-state index in [-0.39, 0.29) is 10.8 Å². The van der Waals surface area contributed by atoms with Crippen LogP contribution in [0.2, 0.25) is 0 Å². The second-order valence-corrected chi connectivity index (χ2v) is 9.06. The Hall–Kier alpha value is -1.67. The van der Waals surface area contributed by atoms with Gasteiger partial charge in [-0.15, -0.1) is 0 Å². The number of hydrogen-bond donors (Lipinski definition) is 0. The molecule has 1 heterocycles. The van der Waals surface area contributed by atoms with Crippen molar-refractivity contribution < 1.29 is 33.2 Å². The van der Waals surface area contributed by atoms with Crippen LogP contribution in [0.3, 0.4) is 0 Å². The van der Waals surface area contributed by atoms with Crippen LogP contribution < -0.4 is 9.47 Å². The maximum atomic E-state index is 11.1. The van der Waals surface area contributed by atoms with E-state index in [1.165, 1.54) is 0 Å². The molecular weight excluding hydrogens is 388 g/mol. The van der Waals surface area contributed by atoms with Crippen LogP contribution in [0, 0.1) is 10.8 Å². The summed E-state index contributed by atoms with van der Waals surface area (Å²) in [6, 6.07) is 5.16. The summed E-state index contributed by atoms with van der Waals surface area (Å²) in [5, 5.41) is 0. The van der Waals surface area contributed by atoms with Crippen molar-refractivity contribution in [3.05, 3.63) is 23.8 Å². The van der Waals surface area contributed by atoms with Crippen LogP contribution in [-0.2, 0) is 18.9 Å². The van der Waals surface area contributed by atoms with Crippen LogP contribution >= 0.6 is 0 Å². The van der Waals surface area contributed by atoms with E-state index in [2.05, 4.69) is 27.7 Å². The minimum atomic E-state index is -0.199. The van der Waals surface area contributed by atoms with Gasteiger partial charge < -0.3 is 28.4 Å². The van der Waals surface area contributed by atoms with Crippen molar-refractivity contribution in [1.29, 1.82) is 0 Å². The fourth-order valence-corrected chi connectivity index (χ4v) is 2.79. The van der Waals surface area contributed by atoms with E-state index in [0.29, 0.717) is 83.1 Å². The van der Waals surface area contributed by atoms with E-state index in [4.69, 9.17) is 28.4 Å².